The van der Waals surface area contributed by atoms with Gasteiger partial charge in [-0.2, -0.15) is 0 Å². The average Bonchev–Trinajstić information content (AvgIpc) is 2.82. The number of carbonyl (C=O) groups excluding carboxylic acids is 1. The van der Waals surface area contributed by atoms with Crippen LogP contribution in [0.1, 0.15) is 45.2 Å². The Labute approximate surface area is 200 Å². The summed E-state index contributed by atoms with van der Waals surface area (Å²) in [5, 5.41) is 0. The van der Waals surface area contributed by atoms with E-state index in [-0.39, 0.29) is 23.7 Å². The molecule has 1 saturated heterocycles. The van der Waals surface area contributed by atoms with E-state index in [1.54, 1.807) is 11.8 Å². The van der Waals surface area contributed by atoms with Gasteiger partial charge in [-0.15, -0.1) is 0 Å². The van der Waals surface area contributed by atoms with Gasteiger partial charge in [0.05, 0.1) is 23.0 Å². The fraction of sp³-hybridized carbons (Fsp3) is 0.321. The molecule has 5 rings (SSSR count). The maximum absolute atomic E-state index is 14.6. The van der Waals surface area contributed by atoms with Crippen LogP contribution in [0.2, 0.25) is 0 Å². The molecular formula is C28H30N2O2S. The predicted octanol–water partition coefficient (Wildman–Crippen LogP) is 7.43. The third-order valence-corrected chi connectivity index (χ3v) is 7.74. The number of amides is 2. The van der Waals surface area contributed by atoms with Gasteiger partial charge in [0.15, 0.2) is 0 Å². The van der Waals surface area contributed by atoms with Crippen LogP contribution in [0.5, 0.6) is 0 Å². The molecule has 0 N–H and O–H groups in total. The van der Waals surface area contributed by atoms with Gasteiger partial charge in [-0.1, -0.05) is 66.4 Å². The van der Waals surface area contributed by atoms with E-state index in [0.29, 0.717) is 6.61 Å². The van der Waals surface area contributed by atoms with Gasteiger partial charge in [-0.05, 0) is 63.4 Å². The van der Waals surface area contributed by atoms with Crippen LogP contribution in [-0.2, 0) is 4.74 Å². The number of hydrogen-bond acceptors (Lipinski definition) is 3. The Morgan fingerprint density at radius 2 is 1.55 bits per heavy atom. The van der Waals surface area contributed by atoms with Crippen molar-refractivity contribution in [2.45, 2.75) is 61.1 Å². The maximum atomic E-state index is 14.6. The molecule has 0 saturated carbocycles. The van der Waals surface area contributed by atoms with E-state index in [2.05, 4.69) is 62.1 Å². The molecule has 2 heterocycles. The molecule has 0 radical (unpaired) electrons. The number of fused-ring (bicyclic) bond motifs is 2. The molecular weight excluding hydrogens is 428 g/mol. The third-order valence-electron chi connectivity index (χ3n) is 6.61. The predicted molar refractivity (Wildman–Crippen MR) is 134 cm³/mol. The molecule has 33 heavy (non-hydrogen) atoms. The van der Waals surface area contributed by atoms with Crippen molar-refractivity contribution in [3.8, 4) is 0 Å². The van der Waals surface area contributed by atoms with Crippen LogP contribution in [0.25, 0.3) is 0 Å². The Kier molecular flexibility index (Phi) is 5.94. The lowest BCUT2D eigenvalue weighted by Gasteiger charge is -2.46. The summed E-state index contributed by atoms with van der Waals surface area (Å²) in [7, 11) is 0. The van der Waals surface area contributed by atoms with Crippen molar-refractivity contribution in [1.29, 1.82) is 0 Å². The van der Waals surface area contributed by atoms with E-state index >= 15 is 0 Å². The van der Waals surface area contributed by atoms with Gasteiger partial charge in [0, 0.05) is 22.4 Å². The Morgan fingerprint density at radius 1 is 0.970 bits per heavy atom. The first-order valence-corrected chi connectivity index (χ1v) is 12.4. The van der Waals surface area contributed by atoms with E-state index in [9.17, 15) is 4.79 Å². The highest BCUT2D eigenvalue weighted by Crippen LogP contribution is 2.49. The Balaban J connectivity index is 1.61. The van der Waals surface area contributed by atoms with Crippen LogP contribution in [-0.4, -0.2) is 29.2 Å². The highest BCUT2D eigenvalue weighted by atomic mass is 32.2. The van der Waals surface area contributed by atoms with Crippen LogP contribution in [0, 0.1) is 0 Å². The van der Waals surface area contributed by atoms with E-state index in [0.717, 1.165) is 39.6 Å². The van der Waals surface area contributed by atoms with E-state index < -0.39 is 0 Å². The van der Waals surface area contributed by atoms with Gasteiger partial charge < -0.3 is 9.64 Å². The second-order valence-corrected chi connectivity index (χ2v) is 10.5. The van der Waals surface area contributed by atoms with Crippen molar-refractivity contribution >= 4 is 29.2 Å². The fourth-order valence-corrected chi connectivity index (χ4v) is 6.05. The summed E-state index contributed by atoms with van der Waals surface area (Å²) < 4.78 is 6.01. The topological polar surface area (TPSA) is 32.8 Å². The minimum Gasteiger partial charge on any atom is -0.375 e. The molecule has 0 aliphatic carbocycles. The number of ether oxygens (including phenoxy) is 1. The molecule has 0 spiro atoms. The van der Waals surface area contributed by atoms with Crippen molar-refractivity contribution < 1.29 is 9.53 Å². The van der Waals surface area contributed by atoms with Crippen LogP contribution < -0.4 is 4.90 Å². The van der Waals surface area contributed by atoms with Gasteiger partial charge in [0.1, 0.15) is 0 Å². The first kappa shape index (κ1) is 22.1. The molecule has 0 aromatic heterocycles. The Hall–Kier alpha value is -2.76. The van der Waals surface area contributed by atoms with Crippen LogP contribution in [0.15, 0.2) is 88.7 Å². The molecule has 2 amide bonds. The zero-order chi connectivity index (χ0) is 23.0. The minimum atomic E-state index is -0.259. The SMILES string of the molecule is CC(c1ccccc1)N(C(=O)N1c2ccccc2Sc2ccccc21)C1CCOC(C)(C)C1. The summed E-state index contributed by atoms with van der Waals surface area (Å²) in [5.74, 6) is 0. The van der Waals surface area contributed by atoms with Crippen molar-refractivity contribution in [3.05, 3.63) is 84.4 Å². The first-order valence-electron chi connectivity index (χ1n) is 11.6. The normalized spacial score (nSPS) is 19.8. The minimum absolute atomic E-state index is 0.0225. The number of nitrogens with zero attached hydrogens (tertiary/aromatic N) is 2. The molecule has 2 unspecified atom stereocenters. The van der Waals surface area contributed by atoms with E-state index in [4.69, 9.17) is 4.74 Å². The van der Waals surface area contributed by atoms with E-state index in [1.165, 1.54) is 0 Å². The number of anilines is 2. The van der Waals surface area contributed by atoms with Gasteiger partial charge in [0.25, 0.3) is 0 Å². The third kappa shape index (κ3) is 4.28. The van der Waals surface area contributed by atoms with Crippen LogP contribution in [0.3, 0.4) is 0 Å². The highest BCUT2D eigenvalue weighted by molar-refractivity contribution is 7.99. The fourth-order valence-electron chi connectivity index (χ4n) is 4.99. The molecule has 170 valence electrons. The van der Waals surface area contributed by atoms with Gasteiger partial charge in [0.2, 0.25) is 0 Å². The summed E-state index contributed by atoms with van der Waals surface area (Å²) in [6.07, 6.45) is 1.64. The summed E-state index contributed by atoms with van der Waals surface area (Å²) in [6, 6.07) is 26.8. The highest BCUT2D eigenvalue weighted by Gasteiger charge is 2.40. The molecule has 0 bridgehead atoms. The van der Waals surface area contributed by atoms with Gasteiger partial charge >= 0.3 is 6.03 Å². The van der Waals surface area contributed by atoms with Gasteiger partial charge in [-0.3, -0.25) is 4.90 Å². The lowest BCUT2D eigenvalue weighted by atomic mass is 9.91. The number of rotatable bonds is 3. The quantitative estimate of drug-likeness (QED) is 0.409. The molecule has 3 aromatic rings. The first-order chi connectivity index (χ1) is 15.9. The van der Waals surface area contributed by atoms with Crippen molar-refractivity contribution in [2.24, 2.45) is 0 Å². The number of para-hydroxylation sites is 2. The monoisotopic (exact) mass is 458 g/mol. The van der Waals surface area contributed by atoms with Crippen molar-refractivity contribution in [2.75, 3.05) is 11.5 Å². The molecule has 4 nitrogen and oxygen atoms in total. The molecule has 2 aliphatic rings. The van der Waals surface area contributed by atoms with Crippen molar-refractivity contribution in [3.63, 3.8) is 0 Å². The number of hydrogen-bond donors (Lipinski definition) is 0. The Bertz CT molecular complexity index is 1100. The molecule has 5 heteroatoms. The lowest BCUT2D eigenvalue weighted by molar-refractivity contribution is -0.0803. The second-order valence-electron chi connectivity index (χ2n) is 9.40. The van der Waals surface area contributed by atoms with Crippen molar-refractivity contribution in [1.82, 2.24) is 4.90 Å². The summed E-state index contributed by atoms with van der Waals surface area (Å²) in [4.78, 5) is 20.8. The standard InChI is InChI=1S/C28H30N2O2S/c1-20(21-11-5-4-6-12-21)29(22-17-18-32-28(2,3)19-22)27(31)30-23-13-7-9-15-25(23)33-26-16-10-8-14-24(26)30/h4-16,20,22H,17-19H2,1-3H3. The number of benzene rings is 3. The van der Waals surface area contributed by atoms with Crippen LogP contribution in [0.4, 0.5) is 16.2 Å². The largest absolute Gasteiger partial charge is 0.375 e. The average molecular weight is 459 g/mol. The lowest BCUT2D eigenvalue weighted by Crippen LogP contribution is -2.53. The second kappa shape index (κ2) is 8.88. The zero-order valence-corrected chi connectivity index (χ0v) is 20.2. The Morgan fingerprint density at radius 3 is 2.15 bits per heavy atom. The smallest absolute Gasteiger partial charge is 0.329 e. The molecule has 2 aliphatic heterocycles. The summed E-state index contributed by atoms with van der Waals surface area (Å²) in [6.45, 7) is 7.05. The number of carbonyl (C=O) groups is 1. The summed E-state index contributed by atoms with van der Waals surface area (Å²) >= 11 is 1.72. The molecule has 3 aromatic carbocycles. The number of urea groups is 1. The summed E-state index contributed by atoms with van der Waals surface area (Å²) in [5.41, 5.74) is 2.78. The van der Waals surface area contributed by atoms with E-state index in [1.807, 2.05) is 47.4 Å². The zero-order valence-electron chi connectivity index (χ0n) is 19.4. The van der Waals surface area contributed by atoms with Gasteiger partial charge in [-0.25, -0.2) is 4.79 Å². The van der Waals surface area contributed by atoms with Crippen LogP contribution >= 0.6 is 11.8 Å². The molecule has 1 fully saturated rings. The molecule has 2 atom stereocenters. The maximum Gasteiger partial charge on any atom is 0.329 e.